The number of aromatic amines is 1. The lowest BCUT2D eigenvalue weighted by atomic mass is 9.99. The minimum absolute atomic E-state index is 0.101. The van der Waals surface area contributed by atoms with Crippen LogP contribution in [0.1, 0.15) is 41.4 Å². The molecule has 1 saturated heterocycles. The molecule has 1 amide bonds. The van der Waals surface area contributed by atoms with Crippen LogP contribution in [0.15, 0.2) is 39.9 Å². The van der Waals surface area contributed by atoms with E-state index in [1.165, 1.54) is 24.5 Å². The molecule has 4 rings (SSSR count). The van der Waals surface area contributed by atoms with Gasteiger partial charge in [-0.3, -0.25) is 24.0 Å². The number of anilines is 1. The van der Waals surface area contributed by atoms with E-state index in [0.717, 1.165) is 31.1 Å². The van der Waals surface area contributed by atoms with Gasteiger partial charge in [-0.15, -0.1) is 0 Å². The second-order valence-corrected chi connectivity index (χ2v) is 8.44. The van der Waals surface area contributed by atoms with Gasteiger partial charge in [0.25, 0.3) is 11.5 Å². The molecule has 0 bridgehead atoms. The van der Waals surface area contributed by atoms with Crippen molar-refractivity contribution >= 4 is 22.6 Å². The number of nitrogens with zero attached hydrogens (tertiary/aromatic N) is 3. The van der Waals surface area contributed by atoms with Crippen LogP contribution in [0, 0.1) is 12.8 Å². The molecule has 0 spiro atoms. The predicted octanol–water partition coefficient (Wildman–Crippen LogP) is 2.41. The zero-order valence-electron chi connectivity index (χ0n) is 18.1. The first-order chi connectivity index (χ1) is 14.8. The highest BCUT2D eigenvalue weighted by molar-refractivity contribution is 6.11. The number of piperidine rings is 1. The van der Waals surface area contributed by atoms with E-state index in [9.17, 15) is 14.4 Å². The summed E-state index contributed by atoms with van der Waals surface area (Å²) in [7, 11) is 1.51. The number of pyridine rings is 1. The minimum atomic E-state index is -0.621. The number of carbonyl (C=O) groups excluding carboxylic acids is 1. The SMILES string of the molecule is Cc1cc(C(=O)Nc2cccc(CN3CCC(C)CC3)c2)c2c(=O)[nH]c(=O)n(C)c2n1. The summed E-state index contributed by atoms with van der Waals surface area (Å²) >= 11 is 0. The van der Waals surface area contributed by atoms with E-state index in [2.05, 4.69) is 33.2 Å². The average molecular weight is 422 g/mol. The van der Waals surface area contributed by atoms with Crippen LogP contribution in [0.25, 0.3) is 11.0 Å². The van der Waals surface area contributed by atoms with Crippen LogP contribution in [0.4, 0.5) is 5.69 Å². The Labute approximate surface area is 179 Å². The Morgan fingerprint density at radius 2 is 1.97 bits per heavy atom. The summed E-state index contributed by atoms with van der Waals surface area (Å²) in [6.07, 6.45) is 2.42. The van der Waals surface area contributed by atoms with E-state index >= 15 is 0 Å². The lowest BCUT2D eigenvalue weighted by Crippen LogP contribution is -2.32. The van der Waals surface area contributed by atoms with E-state index in [1.807, 2.05) is 18.2 Å². The first-order valence-corrected chi connectivity index (χ1v) is 10.5. The van der Waals surface area contributed by atoms with Crippen molar-refractivity contribution in [3.05, 3.63) is 68.0 Å². The van der Waals surface area contributed by atoms with Crippen LogP contribution in [0.3, 0.4) is 0 Å². The predicted molar refractivity (Wildman–Crippen MR) is 120 cm³/mol. The number of carbonyl (C=O) groups is 1. The zero-order valence-corrected chi connectivity index (χ0v) is 18.1. The second-order valence-electron chi connectivity index (χ2n) is 8.44. The van der Waals surface area contributed by atoms with Gasteiger partial charge in [-0.1, -0.05) is 19.1 Å². The summed E-state index contributed by atoms with van der Waals surface area (Å²) in [6.45, 7) is 7.03. The van der Waals surface area contributed by atoms with Crippen molar-refractivity contribution in [2.24, 2.45) is 13.0 Å². The Hall–Kier alpha value is -3.26. The fourth-order valence-corrected chi connectivity index (χ4v) is 4.07. The van der Waals surface area contributed by atoms with Gasteiger partial charge < -0.3 is 5.32 Å². The lowest BCUT2D eigenvalue weighted by Gasteiger charge is -2.30. The molecule has 1 fully saturated rings. The second kappa shape index (κ2) is 8.47. The van der Waals surface area contributed by atoms with Gasteiger partial charge in [-0.2, -0.15) is 0 Å². The molecule has 0 atom stereocenters. The number of rotatable bonds is 4. The van der Waals surface area contributed by atoms with Crippen molar-refractivity contribution in [1.29, 1.82) is 0 Å². The topological polar surface area (TPSA) is 100 Å². The summed E-state index contributed by atoms with van der Waals surface area (Å²) in [5.74, 6) is 0.367. The number of amides is 1. The maximum Gasteiger partial charge on any atom is 0.329 e. The summed E-state index contributed by atoms with van der Waals surface area (Å²) in [5, 5.41) is 3.00. The molecular formula is C23H27N5O3. The fourth-order valence-electron chi connectivity index (χ4n) is 4.07. The van der Waals surface area contributed by atoms with Gasteiger partial charge in [-0.25, -0.2) is 9.78 Å². The van der Waals surface area contributed by atoms with Crippen molar-refractivity contribution in [2.45, 2.75) is 33.2 Å². The standard InChI is InChI=1S/C23H27N5O3/c1-14-7-9-28(10-8-14)13-16-5-4-6-17(12-16)25-21(29)18-11-15(2)24-20-19(18)22(30)26-23(31)27(20)3/h4-6,11-12,14H,7-10,13H2,1-3H3,(H,25,29)(H,26,30,31). The third-order valence-corrected chi connectivity index (χ3v) is 5.91. The average Bonchev–Trinajstić information content (AvgIpc) is 2.73. The maximum absolute atomic E-state index is 13.1. The fraction of sp³-hybridized carbons (Fsp3) is 0.391. The number of nitrogens with one attached hydrogen (secondary N) is 2. The molecule has 31 heavy (non-hydrogen) atoms. The maximum atomic E-state index is 13.1. The summed E-state index contributed by atoms with van der Waals surface area (Å²) < 4.78 is 1.24. The number of fused-ring (bicyclic) bond motifs is 1. The molecule has 2 aromatic heterocycles. The molecule has 0 saturated carbocycles. The molecule has 0 aliphatic carbocycles. The monoisotopic (exact) mass is 421 g/mol. The van der Waals surface area contributed by atoms with Gasteiger partial charge in [0.2, 0.25) is 0 Å². The molecule has 0 radical (unpaired) electrons. The highest BCUT2D eigenvalue weighted by Crippen LogP contribution is 2.20. The Balaban J connectivity index is 1.61. The molecule has 162 valence electrons. The van der Waals surface area contributed by atoms with Crippen LogP contribution in [-0.2, 0) is 13.6 Å². The molecule has 8 nitrogen and oxygen atoms in total. The Kier molecular flexibility index (Phi) is 5.73. The number of aryl methyl sites for hydroxylation is 2. The molecule has 2 N–H and O–H groups in total. The normalized spacial score (nSPS) is 15.3. The van der Waals surface area contributed by atoms with Crippen molar-refractivity contribution < 1.29 is 4.79 Å². The summed E-state index contributed by atoms with van der Waals surface area (Å²) in [5.41, 5.74) is 1.53. The number of aromatic nitrogens is 3. The van der Waals surface area contributed by atoms with Crippen molar-refractivity contribution in [2.75, 3.05) is 18.4 Å². The first kappa shape index (κ1) is 21.0. The van der Waals surface area contributed by atoms with Crippen molar-refractivity contribution in [1.82, 2.24) is 19.4 Å². The van der Waals surface area contributed by atoms with Gasteiger partial charge in [0.1, 0.15) is 5.65 Å². The summed E-state index contributed by atoms with van der Waals surface area (Å²) in [4.78, 5) is 46.4. The van der Waals surface area contributed by atoms with Crippen molar-refractivity contribution in [3.8, 4) is 0 Å². The number of hydrogen-bond donors (Lipinski definition) is 2. The first-order valence-electron chi connectivity index (χ1n) is 10.5. The zero-order chi connectivity index (χ0) is 22.1. The van der Waals surface area contributed by atoms with Gasteiger partial charge >= 0.3 is 5.69 Å². The number of hydrogen-bond acceptors (Lipinski definition) is 5. The third kappa shape index (κ3) is 4.44. The smallest absolute Gasteiger partial charge is 0.322 e. The third-order valence-electron chi connectivity index (χ3n) is 5.91. The van der Waals surface area contributed by atoms with Crippen LogP contribution in [0.5, 0.6) is 0 Å². The highest BCUT2D eigenvalue weighted by atomic mass is 16.2. The quantitative estimate of drug-likeness (QED) is 0.674. The largest absolute Gasteiger partial charge is 0.329 e. The molecule has 1 aliphatic heterocycles. The van der Waals surface area contributed by atoms with Crippen LogP contribution >= 0.6 is 0 Å². The Morgan fingerprint density at radius 3 is 2.71 bits per heavy atom. The van der Waals surface area contributed by atoms with Crippen molar-refractivity contribution in [3.63, 3.8) is 0 Å². The van der Waals surface area contributed by atoms with Gasteiger partial charge in [-0.05, 0) is 62.5 Å². The van der Waals surface area contributed by atoms with E-state index in [1.54, 1.807) is 13.0 Å². The molecule has 1 aromatic carbocycles. The van der Waals surface area contributed by atoms with Gasteiger partial charge in [0.05, 0.1) is 10.9 Å². The molecule has 8 heteroatoms. The number of likely N-dealkylation sites (tertiary alicyclic amines) is 1. The molecule has 3 aromatic rings. The molecule has 1 aliphatic rings. The molecular weight excluding hydrogens is 394 g/mol. The van der Waals surface area contributed by atoms with E-state index in [4.69, 9.17) is 0 Å². The lowest BCUT2D eigenvalue weighted by molar-refractivity contribution is 0.102. The van der Waals surface area contributed by atoms with E-state index in [-0.39, 0.29) is 16.6 Å². The molecule has 3 heterocycles. The van der Waals surface area contributed by atoms with Crippen LogP contribution in [-0.4, -0.2) is 38.4 Å². The highest BCUT2D eigenvalue weighted by Gasteiger charge is 2.19. The summed E-state index contributed by atoms with van der Waals surface area (Å²) in [6, 6.07) is 9.34. The van der Waals surface area contributed by atoms with Crippen LogP contribution < -0.4 is 16.6 Å². The number of benzene rings is 1. The minimum Gasteiger partial charge on any atom is -0.322 e. The Bertz CT molecular complexity index is 1250. The van der Waals surface area contributed by atoms with Gasteiger partial charge in [0, 0.05) is 25.0 Å². The number of H-pyrrole nitrogens is 1. The van der Waals surface area contributed by atoms with Crippen LogP contribution in [0.2, 0.25) is 0 Å². The Morgan fingerprint density at radius 1 is 1.23 bits per heavy atom. The van der Waals surface area contributed by atoms with Gasteiger partial charge in [0.15, 0.2) is 0 Å². The van der Waals surface area contributed by atoms with E-state index < -0.39 is 17.2 Å². The van der Waals surface area contributed by atoms with E-state index in [0.29, 0.717) is 11.4 Å². The molecule has 0 unspecified atom stereocenters.